The summed E-state index contributed by atoms with van der Waals surface area (Å²) in [5.74, 6) is 0.846. The lowest BCUT2D eigenvalue weighted by Gasteiger charge is -2.09. The molecule has 0 atom stereocenters. The molecule has 0 aliphatic carbocycles. The highest BCUT2D eigenvalue weighted by Crippen LogP contribution is 2.21. The van der Waals surface area contributed by atoms with Gasteiger partial charge in [0.2, 0.25) is 0 Å². The number of ether oxygens (including phenoxy) is 1. The molecule has 0 aliphatic heterocycles. The summed E-state index contributed by atoms with van der Waals surface area (Å²) in [7, 11) is 0. The number of halogens is 2. The van der Waals surface area contributed by atoms with Crippen LogP contribution in [0.15, 0.2) is 36.4 Å². The third-order valence-corrected chi connectivity index (χ3v) is 2.91. The molecule has 0 N–H and O–H groups in total. The van der Waals surface area contributed by atoms with Crippen molar-refractivity contribution in [2.45, 2.75) is 13.5 Å². The van der Waals surface area contributed by atoms with E-state index in [0.717, 1.165) is 16.9 Å². The van der Waals surface area contributed by atoms with Crippen LogP contribution in [0.3, 0.4) is 0 Å². The quantitative estimate of drug-likeness (QED) is 0.775. The molecule has 2 aromatic rings. The van der Waals surface area contributed by atoms with E-state index in [1.165, 1.54) is 0 Å². The fourth-order valence-electron chi connectivity index (χ4n) is 1.42. The third kappa shape index (κ3) is 3.11. The molecule has 1 aromatic carbocycles. The zero-order valence-electron chi connectivity index (χ0n) is 9.28. The highest BCUT2D eigenvalue weighted by Gasteiger charge is 2.04. The molecule has 4 heteroatoms. The van der Waals surface area contributed by atoms with E-state index in [4.69, 9.17) is 27.9 Å². The standard InChI is InChI=1S/C13H11Cl2NO/c1-9-4-2-3-5-11(9)17-8-10-6-7-12(14)16-13(10)15/h2-7H,8H2,1H3. The van der Waals surface area contributed by atoms with E-state index < -0.39 is 0 Å². The Morgan fingerprint density at radius 2 is 1.88 bits per heavy atom. The minimum Gasteiger partial charge on any atom is -0.489 e. The van der Waals surface area contributed by atoms with Gasteiger partial charge in [0.1, 0.15) is 22.7 Å². The maximum absolute atomic E-state index is 5.96. The molecular weight excluding hydrogens is 257 g/mol. The molecule has 0 saturated heterocycles. The Kier molecular flexibility index (Phi) is 3.87. The van der Waals surface area contributed by atoms with Crippen LogP contribution in [-0.4, -0.2) is 4.98 Å². The Balaban J connectivity index is 2.10. The van der Waals surface area contributed by atoms with Crippen LogP contribution in [0.2, 0.25) is 10.3 Å². The van der Waals surface area contributed by atoms with Crippen molar-refractivity contribution in [1.82, 2.24) is 4.98 Å². The van der Waals surface area contributed by atoms with Gasteiger partial charge in [0.25, 0.3) is 0 Å². The van der Waals surface area contributed by atoms with Gasteiger partial charge in [-0.2, -0.15) is 0 Å². The number of pyridine rings is 1. The van der Waals surface area contributed by atoms with Crippen molar-refractivity contribution in [1.29, 1.82) is 0 Å². The highest BCUT2D eigenvalue weighted by molar-refractivity contribution is 6.32. The molecule has 1 heterocycles. The topological polar surface area (TPSA) is 22.1 Å². The van der Waals surface area contributed by atoms with E-state index in [-0.39, 0.29) is 0 Å². The van der Waals surface area contributed by atoms with E-state index >= 15 is 0 Å². The van der Waals surface area contributed by atoms with Gasteiger partial charge in [-0.05, 0) is 30.7 Å². The number of hydrogen-bond acceptors (Lipinski definition) is 2. The summed E-state index contributed by atoms with van der Waals surface area (Å²) >= 11 is 11.7. The van der Waals surface area contributed by atoms with E-state index in [2.05, 4.69) is 4.98 Å². The summed E-state index contributed by atoms with van der Waals surface area (Å²) in [6, 6.07) is 11.3. The fraction of sp³-hybridized carbons (Fsp3) is 0.154. The Hall–Kier alpha value is -1.25. The highest BCUT2D eigenvalue weighted by atomic mass is 35.5. The summed E-state index contributed by atoms with van der Waals surface area (Å²) in [6.45, 7) is 2.38. The van der Waals surface area contributed by atoms with E-state index in [1.54, 1.807) is 6.07 Å². The first-order chi connectivity index (χ1) is 8.16. The van der Waals surface area contributed by atoms with Crippen LogP contribution in [0.1, 0.15) is 11.1 Å². The van der Waals surface area contributed by atoms with Gasteiger partial charge >= 0.3 is 0 Å². The predicted molar refractivity (Wildman–Crippen MR) is 69.8 cm³/mol. The van der Waals surface area contributed by atoms with Crippen LogP contribution in [-0.2, 0) is 6.61 Å². The molecule has 0 saturated carbocycles. The third-order valence-electron chi connectivity index (χ3n) is 2.37. The summed E-state index contributed by atoms with van der Waals surface area (Å²) in [4.78, 5) is 3.96. The Bertz CT molecular complexity index is 529. The smallest absolute Gasteiger partial charge is 0.137 e. The first-order valence-corrected chi connectivity index (χ1v) is 5.92. The van der Waals surface area contributed by atoms with Crippen LogP contribution in [0.25, 0.3) is 0 Å². The molecule has 17 heavy (non-hydrogen) atoms. The number of aromatic nitrogens is 1. The van der Waals surface area contributed by atoms with E-state index in [0.29, 0.717) is 16.9 Å². The largest absolute Gasteiger partial charge is 0.489 e. The zero-order valence-corrected chi connectivity index (χ0v) is 10.8. The lowest BCUT2D eigenvalue weighted by molar-refractivity contribution is 0.304. The summed E-state index contributed by atoms with van der Waals surface area (Å²) in [5, 5.41) is 0.765. The van der Waals surface area contributed by atoms with Crippen molar-refractivity contribution in [3.63, 3.8) is 0 Å². The van der Waals surface area contributed by atoms with Crippen molar-refractivity contribution < 1.29 is 4.74 Å². The zero-order chi connectivity index (χ0) is 12.3. The lowest BCUT2D eigenvalue weighted by atomic mass is 10.2. The van der Waals surface area contributed by atoms with Crippen molar-refractivity contribution in [2.24, 2.45) is 0 Å². The fourth-order valence-corrected chi connectivity index (χ4v) is 1.82. The average molecular weight is 268 g/mol. The maximum atomic E-state index is 5.96. The molecular formula is C13H11Cl2NO. The lowest BCUT2D eigenvalue weighted by Crippen LogP contribution is -1.98. The van der Waals surface area contributed by atoms with E-state index in [1.807, 2.05) is 37.3 Å². The number of hydrogen-bond donors (Lipinski definition) is 0. The van der Waals surface area contributed by atoms with Gasteiger partial charge in [-0.1, -0.05) is 41.4 Å². The first-order valence-electron chi connectivity index (χ1n) is 5.16. The second-order valence-corrected chi connectivity index (χ2v) is 4.38. The van der Waals surface area contributed by atoms with Crippen LogP contribution in [0.5, 0.6) is 5.75 Å². The molecule has 0 bridgehead atoms. The van der Waals surface area contributed by atoms with Crippen LogP contribution >= 0.6 is 23.2 Å². The van der Waals surface area contributed by atoms with Crippen molar-refractivity contribution >= 4 is 23.2 Å². The molecule has 2 nitrogen and oxygen atoms in total. The molecule has 88 valence electrons. The number of rotatable bonds is 3. The van der Waals surface area contributed by atoms with Gasteiger partial charge in [-0.15, -0.1) is 0 Å². The Morgan fingerprint density at radius 3 is 2.59 bits per heavy atom. The van der Waals surface area contributed by atoms with Crippen LogP contribution in [0.4, 0.5) is 0 Å². The second kappa shape index (κ2) is 5.39. The number of para-hydroxylation sites is 1. The summed E-state index contributed by atoms with van der Waals surface area (Å²) < 4.78 is 5.68. The molecule has 0 aliphatic rings. The van der Waals surface area contributed by atoms with Gasteiger partial charge in [-0.3, -0.25) is 0 Å². The van der Waals surface area contributed by atoms with Gasteiger partial charge in [0.15, 0.2) is 0 Å². The van der Waals surface area contributed by atoms with Crippen LogP contribution in [0, 0.1) is 6.92 Å². The summed E-state index contributed by atoms with van der Waals surface area (Å²) in [6.07, 6.45) is 0. The number of benzene rings is 1. The minimum atomic E-state index is 0.381. The molecule has 0 fully saturated rings. The predicted octanol–water partition coefficient (Wildman–Crippen LogP) is 4.28. The van der Waals surface area contributed by atoms with Gasteiger partial charge < -0.3 is 4.74 Å². The summed E-state index contributed by atoms with van der Waals surface area (Å²) in [5.41, 5.74) is 1.91. The second-order valence-electron chi connectivity index (χ2n) is 3.64. The molecule has 2 rings (SSSR count). The molecule has 0 radical (unpaired) electrons. The normalized spacial score (nSPS) is 10.3. The van der Waals surface area contributed by atoms with Crippen LogP contribution < -0.4 is 4.74 Å². The first kappa shape index (κ1) is 12.2. The average Bonchev–Trinajstić information content (AvgIpc) is 2.30. The maximum Gasteiger partial charge on any atom is 0.137 e. The number of nitrogens with zero attached hydrogens (tertiary/aromatic N) is 1. The number of aryl methyl sites for hydroxylation is 1. The van der Waals surface area contributed by atoms with Gasteiger partial charge in [0.05, 0.1) is 0 Å². The van der Waals surface area contributed by atoms with Gasteiger partial charge in [-0.25, -0.2) is 4.98 Å². The monoisotopic (exact) mass is 267 g/mol. The van der Waals surface area contributed by atoms with Crippen molar-refractivity contribution in [3.8, 4) is 5.75 Å². The molecule has 0 amide bonds. The van der Waals surface area contributed by atoms with Gasteiger partial charge in [0, 0.05) is 5.56 Å². The van der Waals surface area contributed by atoms with Crippen molar-refractivity contribution in [2.75, 3.05) is 0 Å². The Morgan fingerprint density at radius 1 is 1.12 bits per heavy atom. The minimum absolute atomic E-state index is 0.381. The van der Waals surface area contributed by atoms with E-state index in [9.17, 15) is 0 Å². The SMILES string of the molecule is Cc1ccccc1OCc1ccc(Cl)nc1Cl. The molecule has 1 aromatic heterocycles. The Labute approximate surface area is 110 Å². The molecule has 0 unspecified atom stereocenters. The van der Waals surface area contributed by atoms with Crippen molar-refractivity contribution in [3.05, 3.63) is 57.8 Å². The molecule has 0 spiro atoms.